The molecule has 0 unspecified atom stereocenters. The number of nitrogens with zero attached hydrogens (tertiary/aromatic N) is 1. The van der Waals surface area contributed by atoms with Crippen LogP contribution in [0.4, 0.5) is 11.4 Å². The molecule has 6 heteroatoms. The van der Waals surface area contributed by atoms with Crippen LogP contribution in [0.15, 0.2) is 60.2 Å². The highest BCUT2D eigenvalue weighted by molar-refractivity contribution is 6.23. The minimum atomic E-state index is -0.274. The molecule has 0 spiro atoms. The van der Waals surface area contributed by atoms with Crippen LogP contribution in [0.25, 0.3) is 0 Å². The third kappa shape index (κ3) is 2.75. The highest BCUT2D eigenvalue weighted by atomic mass is 16.5. The number of anilines is 2. The van der Waals surface area contributed by atoms with Crippen molar-refractivity contribution in [3.63, 3.8) is 0 Å². The molecule has 2 aliphatic carbocycles. The molecular formula is C24H22N2O4. The first-order valence-electron chi connectivity index (χ1n) is 10.1. The van der Waals surface area contributed by atoms with Crippen LogP contribution in [-0.4, -0.2) is 24.8 Å². The van der Waals surface area contributed by atoms with Gasteiger partial charge < -0.3 is 10.1 Å². The van der Waals surface area contributed by atoms with Crippen molar-refractivity contribution in [1.82, 2.24) is 0 Å². The standard InChI is InChI=1S/C24H22N2O4/c1-13-10-15-11-19(13)21-20(15)23(28)26(24(21)29)17-8-6-14(7-9-17)22(27)25-16-4-3-5-18(12-16)30-2/h3-10,12,15,19-21H,11H2,1-2H3,(H,25,27)/t15-,19+,20+,21-/m0/s1. The summed E-state index contributed by atoms with van der Waals surface area (Å²) in [6.45, 7) is 2.05. The van der Waals surface area contributed by atoms with E-state index in [0.717, 1.165) is 6.42 Å². The molecule has 152 valence electrons. The summed E-state index contributed by atoms with van der Waals surface area (Å²) < 4.78 is 5.17. The van der Waals surface area contributed by atoms with Crippen LogP contribution in [0.2, 0.25) is 0 Å². The van der Waals surface area contributed by atoms with E-state index in [1.54, 1.807) is 55.6 Å². The number of carbonyl (C=O) groups excluding carboxylic acids is 3. The van der Waals surface area contributed by atoms with Crippen molar-refractivity contribution < 1.29 is 19.1 Å². The Hall–Kier alpha value is -3.41. The number of rotatable bonds is 4. The first kappa shape index (κ1) is 18.6. The predicted molar refractivity (Wildman–Crippen MR) is 112 cm³/mol. The summed E-state index contributed by atoms with van der Waals surface area (Å²) in [7, 11) is 1.57. The third-order valence-corrected chi connectivity index (χ3v) is 6.60. The van der Waals surface area contributed by atoms with Crippen molar-refractivity contribution >= 4 is 29.1 Å². The highest BCUT2D eigenvalue weighted by Crippen LogP contribution is 2.55. The summed E-state index contributed by atoms with van der Waals surface area (Å²) in [5, 5.41) is 2.82. The van der Waals surface area contributed by atoms with E-state index in [1.165, 1.54) is 10.5 Å². The molecule has 3 amide bonds. The lowest BCUT2D eigenvalue weighted by atomic mass is 9.82. The Bertz CT molecular complexity index is 1090. The maximum atomic E-state index is 13.0. The number of allylic oxidation sites excluding steroid dienone is 2. The molecule has 0 aromatic heterocycles. The van der Waals surface area contributed by atoms with Gasteiger partial charge in [0, 0.05) is 17.3 Å². The maximum absolute atomic E-state index is 13.0. The van der Waals surface area contributed by atoms with Gasteiger partial charge in [0.05, 0.1) is 24.6 Å². The van der Waals surface area contributed by atoms with E-state index in [4.69, 9.17) is 4.74 Å². The Morgan fingerprint density at radius 2 is 1.80 bits per heavy atom. The van der Waals surface area contributed by atoms with E-state index in [1.807, 2.05) is 0 Å². The molecule has 5 rings (SSSR count). The zero-order valence-corrected chi connectivity index (χ0v) is 16.8. The number of methoxy groups -OCH3 is 1. The highest BCUT2D eigenvalue weighted by Gasteiger charge is 2.60. The number of hydrogen-bond donors (Lipinski definition) is 1. The van der Waals surface area contributed by atoms with Crippen LogP contribution in [0.3, 0.4) is 0 Å². The second-order valence-corrected chi connectivity index (χ2v) is 8.21. The van der Waals surface area contributed by atoms with Crippen molar-refractivity contribution in [1.29, 1.82) is 0 Å². The molecule has 1 saturated heterocycles. The minimum absolute atomic E-state index is 0.112. The van der Waals surface area contributed by atoms with E-state index >= 15 is 0 Å². The number of benzene rings is 2. The molecule has 2 fully saturated rings. The Morgan fingerprint density at radius 3 is 2.53 bits per heavy atom. The van der Waals surface area contributed by atoms with E-state index in [0.29, 0.717) is 22.7 Å². The maximum Gasteiger partial charge on any atom is 0.255 e. The topological polar surface area (TPSA) is 75.7 Å². The smallest absolute Gasteiger partial charge is 0.255 e. The molecule has 1 heterocycles. The number of ether oxygens (including phenoxy) is 1. The number of carbonyl (C=O) groups is 3. The Labute approximate surface area is 174 Å². The molecule has 2 aromatic carbocycles. The van der Waals surface area contributed by atoms with Gasteiger partial charge in [0.1, 0.15) is 5.75 Å². The molecular weight excluding hydrogens is 380 g/mol. The van der Waals surface area contributed by atoms with Crippen molar-refractivity contribution in [2.24, 2.45) is 23.7 Å². The lowest BCUT2D eigenvalue weighted by Crippen LogP contribution is -2.33. The van der Waals surface area contributed by atoms with E-state index in [2.05, 4.69) is 18.3 Å². The van der Waals surface area contributed by atoms with Gasteiger partial charge >= 0.3 is 0 Å². The molecule has 1 aliphatic heterocycles. The van der Waals surface area contributed by atoms with E-state index in [-0.39, 0.29) is 41.4 Å². The van der Waals surface area contributed by atoms with Crippen LogP contribution in [0, 0.1) is 23.7 Å². The Morgan fingerprint density at radius 1 is 1.07 bits per heavy atom. The predicted octanol–water partition coefficient (Wildman–Crippen LogP) is 3.65. The van der Waals surface area contributed by atoms with Crippen LogP contribution in [-0.2, 0) is 9.59 Å². The van der Waals surface area contributed by atoms with Crippen molar-refractivity contribution in [3.05, 3.63) is 65.7 Å². The Balaban J connectivity index is 1.34. The fourth-order valence-corrected chi connectivity index (χ4v) is 5.19. The lowest BCUT2D eigenvalue weighted by molar-refractivity contribution is -0.123. The normalized spacial score (nSPS) is 26.6. The molecule has 6 nitrogen and oxygen atoms in total. The first-order chi connectivity index (χ1) is 14.5. The van der Waals surface area contributed by atoms with E-state index < -0.39 is 0 Å². The molecule has 1 N–H and O–H groups in total. The molecule has 0 radical (unpaired) electrons. The van der Waals surface area contributed by atoms with Gasteiger partial charge in [0.15, 0.2) is 0 Å². The molecule has 4 atom stereocenters. The van der Waals surface area contributed by atoms with Crippen molar-refractivity contribution in [2.45, 2.75) is 13.3 Å². The quantitative estimate of drug-likeness (QED) is 0.626. The van der Waals surface area contributed by atoms with Gasteiger partial charge in [-0.3, -0.25) is 19.3 Å². The van der Waals surface area contributed by atoms with Gasteiger partial charge in [-0.25, -0.2) is 0 Å². The zero-order valence-electron chi connectivity index (χ0n) is 16.8. The molecule has 3 aliphatic rings. The van der Waals surface area contributed by atoms with Crippen LogP contribution >= 0.6 is 0 Å². The van der Waals surface area contributed by atoms with Crippen LogP contribution in [0.1, 0.15) is 23.7 Å². The molecule has 1 saturated carbocycles. The Kier molecular flexibility index (Phi) is 4.24. The zero-order chi connectivity index (χ0) is 21.0. The van der Waals surface area contributed by atoms with Gasteiger partial charge in [-0.1, -0.05) is 17.7 Å². The summed E-state index contributed by atoms with van der Waals surface area (Å²) in [5.74, 6) is 0.0462. The largest absolute Gasteiger partial charge is 0.497 e. The number of hydrogen-bond acceptors (Lipinski definition) is 4. The number of amides is 3. The average molecular weight is 402 g/mol. The average Bonchev–Trinajstić information content (AvgIpc) is 3.38. The summed E-state index contributed by atoms with van der Waals surface area (Å²) in [6.07, 6.45) is 3.07. The number of imide groups is 1. The van der Waals surface area contributed by atoms with E-state index in [9.17, 15) is 14.4 Å². The van der Waals surface area contributed by atoms with Crippen LogP contribution in [0.5, 0.6) is 5.75 Å². The summed E-state index contributed by atoms with van der Waals surface area (Å²) >= 11 is 0. The van der Waals surface area contributed by atoms with Crippen molar-refractivity contribution in [3.8, 4) is 5.75 Å². The molecule has 2 aromatic rings. The summed E-state index contributed by atoms with van der Waals surface area (Å²) in [4.78, 5) is 39.9. The summed E-state index contributed by atoms with van der Waals surface area (Å²) in [5.41, 5.74) is 2.82. The molecule has 2 bridgehead atoms. The SMILES string of the molecule is COc1cccc(NC(=O)c2ccc(N3C(=O)[C@@H]4[C@H](C3=O)[C@H]3C=C(C)[C@H]4C3)cc2)c1. The van der Waals surface area contributed by atoms with Gasteiger partial charge in [-0.2, -0.15) is 0 Å². The van der Waals surface area contributed by atoms with Gasteiger partial charge in [-0.05, 0) is 61.6 Å². The van der Waals surface area contributed by atoms with Gasteiger partial charge in [0.25, 0.3) is 5.91 Å². The summed E-state index contributed by atoms with van der Waals surface area (Å²) in [6, 6.07) is 13.7. The van der Waals surface area contributed by atoms with Crippen LogP contribution < -0.4 is 15.0 Å². The van der Waals surface area contributed by atoms with Crippen molar-refractivity contribution in [2.75, 3.05) is 17.3 Å². The second kappa shape index (κ2) is 6.83. The number of fused-ring (bicyclic) bond motifs is 5. The first-order valence-corrected chi connectivity index (χ1v) is 10.1. The monoisotopic (exact) mass is 402 g/mol. The van der Waals surface area contributed by atoms with Gasteiger partial charge in [-0.15, -0.1) is 0 Å². The minimum Gasteiger partial charge on any atom is -0.497 e. The lowest BCUT2D eigenvalue weighted by Gasteiger charge is -2.19. The fourth-order valence-electron chi connectivity index (χ4n) is 5.19. The fraction of sp³-hybridized carbons (Fsp3) is 0.292. The molecule has 30 heavy (non-hydrogen) atoms. The second-order valence-electron chi connectivity index (χ2n) is 8.21. The van der Waals surface area contributed by atoms with Gasteiger partial charge in [0.2, 0.25) is 11.8 Å². The number of nitrogens with one attached hydrogen (secondary N) is 1. The third-order valence-electron chi connectivity index (χ3n) is 6.60.